The highest BCUT2D eigenvalue weighted by molar-refractivity contribution is 7.99. The highest BCUT2D eigenvalue weighted by atomic mass is 32.2. The van der Waals surface area contributed by atoms with E-state index in [-0.39, 0.29) is 6.61 Å². The predicted octanol–water partition coefficient (Wildman–Crippen LogP) is 0.929. The Balaban J connectivity index is 1.74. The Hall–Kier alpha value is -1.73. The second-order valence-corrected chi connectivity index (χ2v) is 5.00. The van der Waals surface area contributed by atoms with Crippen LogP contribution in [0.1, 0.15) is 0 Å². The number of nitrogens with two attached hydrogens (primary N) is 1. The van der Waals surface area contributed by atoms with Crippen molar-refractivity contribution in [2.24, 2.45) is 7.05 Å². The lowest BCUT2D eigenvalue weighted by molar-refractivity contribution is 0.126. The molecule has 19 heavy (non-hydrogen) atoms. The summed E-state index contributed by atoms with van der Waals surface area (Å²) in [4.78, 5) is 4.06. The molecule has 0 bridgehead atoms. The summed E-state index contributed by atoms with van der Waals surface area (Å²) < 4.78 is 7.13. The van der Waals surface area contributed by atoms with Crippen LogP contribution in [-0.2, 0) is 7.05 Å². The number of hydrogen-bond acceptors (Lipinski definition) is 6. The van der Waals surface area contributed by atoms with E-state index in [0.717, 1.165) is 5.16 Å². The second kappa shape index (κ2) is 6.44. The van der Waals surface area contributed by atoms with Crippen LogP contribution in [0.2, 0.25) is 0 Å². The molecule has 7 heteroatoms. The number of ether oxygens (including phenoxy) is 1. The summed E-state index contributed by atoms with van der Waals surface area (Å²) in [6.07, 6.45) is 0.916. The molecule has 6 nitrogen and oxygen atoms in total. The second-order valence-electron chi connectivity index (χ2n) is 4.01. The summed E-state index contributed by atoms with van der Waals surface area (Å²) in [5, 5.41) is 14.6. The molecule has 3 N–H and O–H groups in total. The molecular formula is C12H16N4O2S. The van der Waals surface area contributed by atoms with Crippen LogP contribution in [0.5, 0.6) is 5.75 Å². The zero-order chi connectivity index (χ0) is 13.7. The third-order valence-electron chi connectivity index (χ3n) is 2.40. The van der Waals surface area contributed by atoms with E-state index in [2.05, 4.69) is 10.1 Å². The average Bonchev–Trinajstić information content (AvgIpc) is 2.81. The number of hydrogen-bond donors (Lipinski definition) is 2. The number of aliphatic hydroxyl groups is 1. The minimum Gasteiger partial charge on any atom is -0.491 e. The predicted molar refractivity (Wildman–Crippen MR) is 74.1 cm³/mol. The van der Waals surface area contributed by atoms with E-state index in [1.54, 1.807) is 28.9 Å². The van der Waals surface area contributed by atoms with Gasteiger partial charge in [-0.1, -0.05) is 11.8 Å². The molecule has 0 amide bonds. The molecule has 1 aromatic carbocycles. The molecule has 1 atom stereocenters. The zero-order valence-corrected chi connectivity index (χ0v) is 11.4. The fourth-order valence-corrected chi connectivity index (χ4v) is 2.18. The number of thioether (sulfide) groups is 1. The van der Waals surface area contributed by atoms with Gasteiger partial charge < -0.3 is 15.6 Å². The van der Waals surface area contributed by atoms with Crippen molar-refractivity contribution in [3.63, 3.8) is 0 Å². The smallest absolute Gasteiger partial charge is 0.185 e. The Morgan fingerprint density at radius 2 is 2.16 bits per heavy atom. The van der Waals surface area contributed by atoms with Crippen molar-refractivity contribution in [2.75, 3.05) is 18.1 Å². The van der Waals surface area contributed by atoms with E-state index in [1.165, 1.54) is 18.1 Å². The molecule has 2 aromatic rings. The first-order valence-corrected chi connectivity index (χ1v) is 6.77. The fraction of sp³-hybridized carbons (Fsp3) is 0.333. The van der Waals surface area contributed by atoms with Gasteiger partial charge in [-0.3, -0.25) is 0 Å². The summed E-state index contributed by atoms with van der Waals surface area (Å²) in [7, 11) is 1.81. The standard InChI is InChI=1S/C12H16N4O2S/c1-16-12(14-8-15-16)19-7-10(17)6-18-11-4-2-9(13)3-5-11/h2-5,8,10,17H,6-7,13H2,1H3. The quantitative estimate of drug-likeness (QED) is 0.604. The average molecular weight is 280 g/mol. The van der Waals surface area contributed by atoms with Crippen LogP contribution in [0.15, 0.2) is 35.7 Å². The molecule has 0 radical (unpaired) electrons. The van der Waals surface area contributed by atoms with Crippen LogP contribution >= 0.6 is 11.8 Å². The number of aryl methyl sites for hydroxylation is 1. The molecule has 0 saturated heterocycles. The first-order chi connectivity index (χ1) is 9.15. The summed E-state index contributed by atoms with van der Waals surface area (Å²) in [6, 6.07) is 7.07. The summed E-state index contributed by atoms with van der Waals surface area (Å²) >= 11 is 1.44. The fourth-order valence-electron chi connectivity index (χ4n) is 1.39. The summed E-state index contributed by atoms with van der Waals surface area (Å²) in [5.74, 6) is 1.19. The van der Waals surface area contributed by atoms with Gasteiger partial charge in [0, 0.05) is 18.5 Å². The molecule has 0 saturated carbocycles. The van der Waals surface area contributed by atoms with Gasteiger partial charge in [0.25, 0.3) is 0 Å². The molecular weight excluding hydrogens is 264 g/mol. The van der Waals surface area contributed by atoms with Crippen LogP contribution in [0.4, 0.5) is 5.69 Å². The Labute approximate surface area is 115 Å². The maximum absolute atomic E-state index is 9.83. The van der Waals surface area contributed by atoms with Crippen LogP contribution in [-0.4, -0.2) is 38.3 Å². The highest BCUT2D eigenvalue weighted by Gasteiger charge is 2.09. The van der Waals surface area contributed by atoms with Crippen molar-refractivity contribution in [3.05, 3.63) is 30.6 Å². The molecule has 0 spiro atoms. The number of nitrogens with zero attached hydrogens (tertiary/aromatic N) is 3. The summed E-state index contributed by atoms with van der Waals surface area (Å²) in [6.45, 7) is 0.231. The topological polar surface area (TPSA) is 86.2 Å². The van der Waals surface area contributed by atoms with Crippen molar-refractivity contribution < 1.29 is 9.84 Å². The van der Waals surface area contributed by atoms with Crippen molar-refractivity contribution in [2.45, 2.75) is 11.3 Å². The maximum Gasteiger partial charge on any atom is 0.185 e. The van der Waals surface area contributed by atoms with Gasteiger partial charge in [0.1, 0.15) is 18.7 Å². The van der Waals surface area contributed by atoms with Gasteiger partial charge in [0.15, 0.2) is 5.16 Å². The largest absolute Gasteiger partial charge is 0.491 e. The molecule has 1 aromatic heterocycles. The van der Waals surface area contributed by atoms with Crippen LogP contribution in [0.3, 0.4) is 0 Å². The van der Waals surface area contributed by atoms with Crippen molar-refractivity contribution in [3.8, 4) is 5.75 Å². The number of anilines is 1. The molecule has 0 aliphatic rings. The third kappa shape index (κ3) is 4.15. The van der Waals surface area contributed by atoms with Crippen molar-refractivity contribution in [1.82, 2.24) is 14.8 Å². The Morgan fingerprint density at radius 1 is 1.42 bits per heavy atom. The minimum atomic E-state index is -0.570. The van der Waals surface area contributed by atoms with Crippen LogP contribution in [0.25, 0.3) is 0 Å². The molecule has 0 aliphatic heterocycles. The van der Waals surface area contributed by atoms with Crippen LogP contribution < -0.4 is 10.5 Å². The molecule has 2 rings (SSSR count). The molecule has 0 aliphatic carbocycles. The van der Waals surface area contributed by atoms with E-state index >= 15 is 0 Å². The molecule has 0 fully saturated rings. The SMILES string of the molecule is Cn1ncnc1SCC(O)COc1ccc(N)cc1. The number of nitrogen functional groups attached to an aromatic ring is 1. The van der Waals surface area contributed by atoms with Gasteiger partial charge in [-0.05, 0) is 24.3 Å². The van der Waals surface area contributed by atoms with Gasteiger partial charge in [0.05, 0.1) is 6.10 Å². The lowest BCUT2D eigenvalue weighted by Crippen LogP contribution is -2.20. The first-order valence-electron chi connectivity index (χ1n) is 5.78. The van der Waals surface area contributed by atoms with Gasteiger partial charge in [-0.25, -0.2) is 9.67 Å². The number of aromatic nitrogens is 3. The van der Waals surface area contributed by atoms with E-state index in [4.69, 9.17) is 10.5 Å². The minimum absolute atomic E-state index is 0.231. The summed E-state index contributed by atoms with van der Waals surface area (Å²) in [5.41, 5.74) is 6.26. The number of aliphatic hydroxyl groups excluding tert-OH is 1. The Morgan fingerprint density at radius 3 is 2.79 bits per heavy atom. The molecule has 1 unspecified atom stereocenters. The molecule has 102 valence electrons. The highest BCUT2D eigenvalue weighted by Crippen LogP contribution is 2.16. The number of rotatable bonds is 6. The zero-order valence-electron chi connectivity index (χ0n) is 10.6. The third-order valence-corrected chi connectivity index (χ3v) is 3.58. The molecule has 1 heterocycles. The monoisotopic (exact) mass is 280 g/mol. The Bertz CT molecular complexity index is 515. The van der Waals surface area contributed by atoms with E-state index in [0.29, 0.717) is 17.2 Å². The Kier molecular flexibility index (Phi) is 4.64. The first kappa shape index (κ1) is 13.7. The van der Waals surface area contributed by atoms with E-state index in [9.17, 15) is 5.11 Å². The van der Waals surface area contributed by atoms with E-state index < -0.39 is 6.10 Å². The van der Waals surface area contributed by atoms with E-state index in [1.807, 2.05) is 7.05 Å². The van der Waals surface area contributed by atoms with Crippen molar-refractivity contribution in [1.29, 1.82) is 0 Å². The lowest BCUT2D eigenvalue weighted by atomic mass is 10.3. The van der Waals surface area contributed by atoms with Gasteiger partial charge in [0.2, 0.25) is 0 Å². The maximum atomic E-state index is 9.83. The lowest BCUT2D eigenvalue weighted by Gasteiger charge is -2.11. The normalized spacial score (nSPS) is 12.3. The van der Waals surface area contributed by atoms with Crippen molar-refractivity contribution >= 4 is 17.4 Å². The van der Waals surface area contributed by atoms with Crippen LogP contribution in [0, 0.1) is 0 Å². The van der Waals surface area contributed by atoms with Gasteiger partial charge in [-0.2, -0.15) is 5.10 Å². The number of benzene rings is 1. The van der Waals surface area contributed by atoms with Gasteiger partial charge >= 0.3 is 0 Å². The van der Waals surface area contributed by atoms with Gasteiger partial charge in [-0.15, -0.1) is 0 Å².